The van der Waals surface area contributed by atoms with Crippen LogP contribution >= 0.6 is 46.4 Å². The van der Waals surface area contributed by atoms with Gasteiger partial charge in [-0.2, -0.15) is 132 Å². The smallest absolute Gasteiger partial charge is 1.00 e. The Morgan fingerprint density at radius 2 is 0.652 bits per heavy atom. The topological polar surface area (TPSA) is 317 Å². The van der Waals surface area contributed by atoms with Crippen LogP contribution in [-0.4, -0.2) is 148 Å². The van der Waals surface area contributed by atoms with Gasteiger partial charge in [0.1, 0.15) is 11.5 Å². The number of hydrogen-bond acceptors (Lipinski definition) is 19. The summed E-state index contributed by atoms with van der Waals surface area (Å²) in [6, 6.07) is 35.6. The average Bonchev–Trinajstić information content (AvgIpc) is 0.732. The monoisotopic (exact) mass is 2050 g/mol. The first-order chi connectivity index (χ1) is 58.9. The Bertz CT molecular complexity index is 5080. The van der Waals surface area contributed by atoms with Gasteiger partial charge in [0, 0.05) is 67.3 Å². The second-order valence-corrected chi connectivity index (χ2v) is 25.9. The van der Waals surface area contributed by atoms with Crippen LogP contribution in [0.15, 0.2) is 158 Å². The number of halogens is 36. The minimum absolute atomic E-state index is 0. The molecule has 7 rings (SSSR count). The van der Waals surface area contributed by atoms with E-state index >= 15 is 0 Å². The van der Waals surface area contributed by atoms with E-state index in [1.54, 1.807) is 61.5 Å². The number of alkyl halides is 32. The number of aryl methyl sites for hydroxylation is 2. The number of Topliss-reactive ketones (excluding diaryl/α,β-unsaturated/α-hetero) is 2. The minimum atomic E-state index is -7.86. The minimum Gasteiger partial charge on any atom is -1.00 e. The molecule has 7 aromatic rings. The predicted molar refractivity (Wildman–Crippen MR) is 384 cm³/mol. The molecule has 0 radical (unpaired) electrons. The molecule has 4 unspecified atom stereocenters. The molecule has 2 amide bonds. The molecule has 59 heteroatoms. The van der Waals surface area contributed by atoms with Crippen molar-refractivity contribution in [3.8, 4) is 11.5 Å². The molecule has 0 bridgehead atoms. The van der Waals surface area contributed by atoms with E-state index in [4.69, 9.17) is 67.9 Å². The van der Waals surface area contributed by atoms with Crippen molar-refractivity contribution in [2.45, 2.75) is 138 Å². The number of anilines is 4. The first-order valence-corrected chi connectivity index (χ1v) is 35.0. The van der Waals surface area contributed by atoms with E-state index < -0.39 is 164 Å². The quantitative estimate of drug-likeness (QED) is 0.00458. The van der Waals surface area contributed by atoms with E-state index in [0.717, 1.165) is 25.1 Å². The van der Waals surface area contributed by atoms with Gasteiger partial charge in [-0.3, -0.25) is 62.1 Å². The Balaban J connectivity index is 0. The Morgan fingerprint density at radius 3 is 0.939 bits per heavy atom. The van der Waals surface area contributed by atoms with Crippen LogP contribution in [0.4, 0.5) is 163 Å². The molecule has 720 valence electrons. The van der Waals surface area contributed by atoms with Gasteiger partial charge in [-0.1, -0.05) is 74.5 Å². The standard InChI is InChI=1S/C25H17F16NO5.C17H17NO2.C16H4Cl2F16O5.C8H4Cl2O2.C6H8N2.CH2O3.2Na.H/c1-3-12-5-4-6-15(7-12)42-17(44)14-8-13(11(2)43)9-16(10-14)45-19(27,28)18(26)46-25(40,41)21(31,23(35,36)37)47-24(38,39)20(29,30)22(32,33)34;1-3-13-6-4-9-16(10-13)18-17(20)15-8-5-7-14(11-15)12(2)19;17-7(35)4-1-5(8(18)36)3-6(2-4)37-10(20,21)9(19)38-16(33,34)12(24,14(28,29)30)39-15(31,32)11(22,23)13(25,26)27;9-7(11)5-2-1-3-6(4-5)8(10)12;7-5-2-1-3-6(8)4-5;2-1-4-3;;;/h4-10,18H,3H2,1-2H3,(H,42,44);4-11H,3H2,1-2H3,(H,18,20);1-3,9H;1-4H;1-4H,7-8H2;1,3H;;;/q;;;;;;2*+1;-1/p-1. The number of ketones is 2. The Hall–Kier alpha value is -9.11. The van der Waals surface area contributed by atoms with Crippen LogP contribution in [0.25, 0.3) is 0 Å². The molecule has 132 heavy (non-hydrogen) atoms. The van der Waals surface area contributed by atoms with Crippen LogP contribution in [0.1, 0.15) is 123 Å². The van der Waals surface area contributed by atoms with Gasteiger partial charge in [-0.15, -0.1) is 0 Å². The maximum absolute atomic E-state index is 14.4. The maximum Gasteiger partial charge on any atom is 1.00 e. The second kappa shape index (κ2) is 48.9. The molecule has 0 aliphatic heterocycles. The molecule has 0 fully saturated rings. The number of rotatable bonds is 31. The predicted octanol–water partition coefficient (Wildman–Crippen LogP) is 15.5. The molecule has 21 nitrogen and oxygen atoms in total. The Morgan fingerprint density at radius 1 is 0.379 bits per heavy atom. The molecular formula is C73H52Cl4F32N4Na2O17. The van der Waals surface area contributed by atoms with Crippen LogP contribution < -0.4 is 95.9 Å². The Kier molecular flexibility index (Phi) is 45.5. The van der Waals surface area contributed by atoms with Gasteiger partial charge in [0.05, 0.1) is 0 Å². The van der Waals surface area contributed by atoms with E-state index in [1.165, 1.54) is 58.4 Å². The third-order valence-electron chi connectivity index (χ3n) is 14.9. The first kappa shape index (κ1) is 123. The number of nitrogens with one attached hydrogen (secondary N) is 2. The van der Waals surface area contributed by atoms with Crippen molar-refractivity contribution in [2.75, 3.05) is 22.1 Å². The Labute approximate surface area is 783 Å². The fourth-order valence-electron chi connectivity index (χ4n) is 8.56. The van der Waals surface area contributed by atoms with E-state index in [1.807, 2.05) is 30.3 Å². The summed E-state index contributed by atoms with van der Waals surface area (Å²) in [5, 5.41) is 9.24. The number of carbonyl (C=O) groups is 9. The number of ether oxygens (including phenoxy) is 6. The summed E-state index contributed by atoms with van der Waals surface area (Å²) >= 11 is 20.4. The van der Waals surface area contributed by atoms with Gasteiger partial charge in [0.2, 0.25) is 0 Å². The van der Waals surface area contributed by atoms with Crippen LogP contribution in [0.2, 0.25) is 0 Å². The zero-order chi connectivity index (χ0) is 101. The van der Waals surface area contributed by atoms with Gasteiger partial charge >= 0.3 is 157 Å². The fraction of sp³-hybridized carbons (Fsp3) is 0.301. The number of amides is 2. The van der Waals surface area contributed by atoms with Gasteiger partial charge in [0.25, 0.3) is 39.3 Å². The summed E-state index contributed by atoms with van der Waals surface area (Å²) in [4.78, 5) is 103. The van der Waals surface area contributed by atoms with Crippen molar-refractivity contribution in [2.24, 2.45) is 0 Å². The summed E-state index contributed by atoms with van der Waals surface area (Å²) in [6.07, 6.45) is -83.1. The van der Waals surface area contributed by atoms with Crippen LogP contribution in [0.5, 0.6) is 11.5 Å². The summed E-state index contributed by atoms with van der Waals surface area (Å²) in [7, 11) is 0. The molecule has 0 spiro atoms. The molecule has 0 aromatic heterocycles. The van der Waals surface area contributed by atoms with Crippen LogP contribution in [0, 0.1) is 0 Å². The average molecular weight is 2050 g/mol. The van der Waals surface area contributed by atoms with Crippen molar-refractivity contribution >= 4 is 120 Å². The molecule has 0 aliphatic rings. The first-order valence-electron chi connectivity index (χ1n) is 33.5. The largest absolute Gasteiger partial charge is 1.00 e. The molecular weight excluding hydrogens is 2000 g/mol. The van der Waals surface area contributed by atoms with Crippen molar-refractivity contribution in [3.63, 3.8) is 0 Å². The molecule has 7 aromatic carbocycles. The normalized spacial score (nSPS) is 13.5. The molecule has 0 saturated carbocycles. The van der Waals surface area contributed by atoms with Gasteiger partial charge in [-0.05, 0) is 181 Å². The SMILES string of the molecule is CCc1cccc(NC(=O)c2cc(OC(F)(F)C(F)OC(F)(F)C(F)(OC(F)(F)C(F)(F)C(F)(F)F)C(F)(F)F)cc(C(C)=O)c2)c1.CCc1cccc(NC(=O)c2cccc(C(C)=O)c2)c1.Nc1cccc(N)c1.O=C(Cl)c1cc(OC(F)(F)C(F)OC(F)(F)C(F)(OC(F)(F)C(F)(F)C(F)(F)F)C(F)(F)F)cc(C(=O)Cl)c1.O=C(Cl)c1cccc(C(=O)Cl)c1.O=CO[O-].[H-].[Na+].[Na+]. The van der Waals surface area contributed by atoms with Gasteiger partial charge in [0.15, 0.2) is 11.6 Å². The summed E-state index contributed by atoms with van der Waals surface area (Å²) in [6.45, 7) is 5.91. The van der Waals surface area contributed by atoms with E-state index in [9.17, 15) is 179 Å². The van der Waals surface area contributed by atoms with E-state index in [0.29, 0.717) is 52.7 Å². The number of carbonyl (C=O) groups excluding carboxylic acids is 9. The van der Waals surface area contributed by atoms with Crippen LogP contribution in [0.3, 0.4) is 0 Å². The molecule has 0 aliphatic carbocycles. The third kappa shape index (κ3) is 34.1. The van der Waals surface area contributed by atoms with Crippen LogP contribution in [-0.2, 0) is 41.5 Å². The molecule has 0 saturated heterocycles. The summed E-state index contributed by atoms with van der Waals surface area (Å²) in [5.41, 5.74) is 13.3. The number of benzene rings is 7. The zero-order valence-corrected chi connectivity index (χ0v) is 72.9. The van der Waals surface area contributed by atoms with E-state index in [-0.39, 0.29) is 108 Å². The number of nitrogens with two attached hydrogens (primary N) is 2. The second-order valence-electron chi connectivity index (χ2n) is 24.5. The summed E-state index contributed by atoms with van der Waals surface area (Å²) < 4.78 is 438. The molecule has 4 atom stereocenters. The number of nitrogen functional groups attached to an aromatic ring is 2. The third-order valence-corrected chi connectivity index (χ3v) is 15.8. The van der Waals surface area contributed by atoms with Crippen molar-refractivity contribution < 1.29 is 283 Å². The zero-order valence-electron chi connectivity index (χ0n) is 66.9. The van der Waals surface area contributed by atoms with Crippen molar-refractivity contribution in [1.82, 2.24) is 0 Å². The van der Waals surface area contributed by atoms with E-state index in [2.05, 4.69) is 41.4 Å². The summed E-state index contributed by atoms with van der Waals surface area (Å²) in [5.74, 6) is -36.8. The number of hydrogen-bond donors (Lipinski definition) is 4. The maximum atomic E-state index is 14.4. The molecule has 0 heterocycles. The van der Waals surface area contributed by atoms with Gasteiger partial charge in [-0.25, -0.2) is 8.78 Å². The molecule has 6 N–H and O–H groups in total. The van der Waals surface area contributed by atoms with Gasteiger partial charge < -0.3 is 43.1 Å². The van der Waals surface area contributed by atoms with Crippen molar-refractivity contribution in [1.29, 1.82) is 0 Å². The van der Waals surface area contributed by atoms with Crippen molar-refractivity contribution in [3.05, 3.63) is 213 Å². The fourth-order valence-corrected chi connectivity index (χ4v) is 9.01.